The molecule has 1 heterocycles. The van der Waals surface area contributed by atoms with E-state index in [1.165, 1.54) is 0 Å². The molecule has 1 aliphatic heterocycles. The molecule has 1 fully saturated rings. The molecule has 0 amide bonds. The lowest BCUT2D eigenvalue weighted by molar-refractivity contribution is 0.198. The third kappa shape index (κ3) is 3.21. The lowest BCUT2D eigenvalue weighted by Gasteiger charge is -2.32. The van der Waals surface area contributed by atoms with E-state index < -0.39 is 10.8 Å². The zero-order valence-corrected chi connectivity index (χ0v) is 8.69. The van der Waals surface area contributed by atoms with Crippen molar-refractivity contribution in [2.75, 3.05) is 38.2 Å². The third-order valence-electron chi connectivity index (χ3n) is 2.25. The summed E-state index contributed by atoms with van der Waals surface area (Å²) in [7, 11) is -0.659. The molecule has 0 aromatic rings. The van der Waals surface area contributed by atoms with Crippen LogP contribution < -0.4 is 5.32 Å². The Hall–Kier alpha value is 0.0700. The Morgan fingerprint density at radius 1 is 1.50 bits per heavy atom. The third-order valence-corrected chi connectivity index (χ3v) is 3.20. The Balaban J connectivity index is 2.29. The van der Waals surface area contributed by atoms with Gasteiger partial charge in [0.25, 0.3) is 0 Å². The topological polar surface area (TPSA) is 32.3 Å². The number of hydrogen-bond acceptors (Lipinski definition) is 3. The highest BCUT2D eigenvalue weighted by atomic mass is 32.2. The first-order valence-electron chi connectivity index (χ1n) is 4.45. The van der Waals surface area contributed by atoms with Crippen molar-refractivity contribution in [2.45, 2.75) is 13.0 Å². The zero-order valence-electron chi connectivity index (χ0n) is 7.88. The van der Waals surface area contributed by atoms with Crippen LogP contribution in [0.25, 0.3) is 0 Å². The number of hydrogen-bond donors (Lipinski definition) is 1. The first-order chi connectivity index (χ1) is 5.70. The highest BCUT2D eigenvalue weighted by molar-refractivity contribution is 7.84. The Labute approximate surface area is 77.0 Å². The summed E-state index contributed by atoms with van der Waals surface area (Å²) in [5, 5.41) is 3.31. The second-order valence-electron chi connectivity index (χ2n) is 3.37. The van der Waals surface area contributed by atoms with E-state index in [-0.39, 0.29) is 0 Å². The maximum atomic E-state index is 11.0. The smallest absolute Gasteiger partial charge is 0.0385 e. The first-order valence-corrected chi connectivity index (χ1v) is 6.17. The van der Waals surface area contributed by atoms with E-state index in [4.69, 9.17) is 0 Å². The van der Waals surface area contributed by atoms with Crippen LogP contribution in [0.4, 0.5) is 0 Å². The van der Waals surface area contributed by atoms with Gasteiger partial charge in [-0.3, -0.25) is 9.11 Å². The Morgan fingerprint density at radius 2 is 2.08 bits per heavy atom. The molecule has 3 nitrogen and oxygen atoms in total. The van der Waals surface area contributed by atoms with Gasteiger partial charge in [-0.15, -0.1) is 0 Å². The van der Waals surface area contributed by atoms with Crippen LogP contribution >= 0.6 is 0 Å². The van der Waals surface area contributed by atoms with Crippen molar-refractivity contribution in [3.05, 3.63) is 0 Å². The summed E-state index contributed by atoms with van der Waals surface area (Å²) in [6.07, 6.45) is 1.78. The van der Waals surface area contributed by atoms with E-state index in [1.54, 1.807) is 6.26 Å². The summed E-state index contributed by atoms with van der Waals surface area (Å²) >= 11 is 0. The number of piperazine rings is 1. The molecule has 1 aliphatic rings. The van der Waals surface area contributed by atoms with E-state index >= 15 is 0 Å². The molecule has 0 saturated carbocycles. The maximum absolute atomic E-state index is 11.0. The van der Waals surface area contributed by atoms with Crippen molar-refractivity contribution in [1.29, 1.82) is 0 Å². The summed E-state index contributed by atoms with van der Waals surface area (Å²) in [6.45, 7) is 6.49. The Kier molecular flexibility index (Phi) is 4.18. The van der Waals surface area contributed by atoms with Gasteiger partial charge in [0.2, 0.25) is 0 Å². The highest BCUT2D eigenvalue weighted by Gasteiger charge is 2.16. The quantitative estimate of drug-likeness (QED) is 0.661. The van der Waals surface area contributed by atoms with E-state index in [2.05, 4.69) is 17.1 Å². The zero-order chi connectivity index (χ0) is 8.97. The van der Waals surface area contributed by atoms with Crippen LogP contribution in [0.1, 0.15) is 6.92 Å². The molecule has 12 heavy (non-hydrogen) atoms. The van der Waals surface area contributed by atoms with Crippen LogP contribution in [0.5, 0.6) is 0 Å². The summed E-state index contributed by atoms with van der Waals surface area (Å²) in [6, 6.07) is 0.470. The number of rotatable bonds is 3. The summed E-state index contributed by atoms with van der Waals surface area (Å²) < 4.78 is 11.0. The lowest BCUT2D eigenvalue weighted by atomic mass is 10.3. The molecule has 1 N–H and O–H groups in total. The SMILES string of the molecule is CC(CS(C)=O)N1CCNCC1. The van der Waals surface area contributed by atoms with Gasteiger partial charge in [-0.2, -0.15) is 0 Å². The van der Waals surface area contributed by atoms with E-state index in [0.717, 1.165) is 31.9 Å². The fourth-order valence-electron chi connectivity index (χ4n) is 1.57. The molecule has 1 rings (SSSR count). The fraction of sp³-hybridized carbons (Fsp3) is 1.00. The molecular formula is C8H18N2OS. The van der Waals surface area contributed by atoms with Gasteiger partial charge >= 0.3 is 0 Å². The predicted molar refractivity (Wildman–Crippen MR) is 52.8 cm³/mol. The van der Waals surface area contributed by atoms with Gasteiger partial charge in [-0.05, 0) is 6.92 Å². The van der Waals surface area contributed by atoms with Crippen molar-refractivity contribution in [2.24, 2.45) is 0 Å². The molecule has 0 bridgehead atoms. The first kappa shape index (κ1) is 10.2. The molecule has 2 unspecified atom stereocenters. The largest absolute Gasteiger partial charge is 0.314 e. The minimum atomic E-state index is -0.659. The average Bonchev–Trinajstić information content (AvgIpc) is 2.05. The van der Waals surface area contributed by atoms with Gasteiger partial charge in [-0.25, -0.2) is 0 Å². The van der Waals surface area contributed by atoms with Gasteiger partial charge in [0, 0.05) is 55.0 Å². The van der Waals surface area contributed by atoms with E-state index in [1.807, 2.05) is 0 Å². The van der Waals surface area contributed by atoms with Crippen LogP contribution in [0.2, 0.25) is 0 Å². The van der Waals surface area contributed by atoms with E-state index in [0.29, 0.717) is 6.04 Å². The summed E-state index contributed by atoms with van der Waals surface area (Å²) in [4.78, 5) is 2.40. The minimum absolute atomic E-state index is 0.470. The molecule has 1 saturated heterocycles. The fourth-order valence-corrected chi connectivity index (χ4v) is 2.46. The molecule has 72 valence electrons. The van der Waals surface area contributed by atoms with Crippen molar-refractivity contribution in [1.82, 2.24) is 10.2 Å². The second kappa shape index (κ2) is 4.94. The van der Waals surface area contributed by atoms with Crippen molar-refractivity contribution >= 4 is 10.8 Å². The molecular weight excluding hydrogens is 172 g/mol. The van der Waals surface area contributed by atoms with Gasteiger partial charge in [0.05, 0.1) is 0 Å². The lowest BCUT2D eigenvalue weighted by Crippen LogP contribution is -2.48. The second-order valence-corrected chi connectivity index (χ2v) is 4.85. The van der Waals surface area contributed by atoms with Crippen LogP contribution in [0.15, 0.2) is 0 Å². The normalized spacial score (nSPS) is 25.2. The van der Waals surface area contributed by atoms with Crippen LogP contribution in [0, 0.1) is 0 Å². The molecule has 0 radical (unpaired) electrons. The highest BCUT2D eigenvalue weighted by Crippen LogP contribution is 2.01. The van der Waals surface area contributed by atoms with Crippen LogP contribution in [-0.2, 0) is 10.8 Å². The standard InChI is InChI=1S/C8H18N2OS/c1-8(7-12(2)11)10-5-3-9-4-6-10/h8-9H,3-7H2,1-2H3. The van der Waals surface area contributed by atoms with Crippen molar-refractivity contribution in [3.8, 4) is 0 Å². The average molecular weight is 190 g/mol. The predicted octanol–water partition coefficient (Wildman–Crippen LogP) is -0.341. The molecule has 0 aliphatic carbocycles. The van der Waals surface area contributed by atoms with Gasteiger partial charge in [0.15, 0.2) is 0 Å². The molecule has 0 spiro atoms. The minimum Gasteiger partial charge on any atom is -0.314 e. The Bertz CT molecular complexity index is 157. The molecule has 0 aromatic carbocycles. The van der Waals surface area contributed by atoms with Crippen molar-refractivity contribution in [3.63, 3.8) is 0 Å². The number of nitrogens with zero attached hydrogens (tertiary/aromatic N) is 1. The van der Waals surface area contributed by atoms with E-state index in [9.17, 15) is 4.21 Å². The van der Waals surface area contributed by atoms with Crippen LogP contribution in [0.3, 0.4) is 0 Å². The molecule has 0 aromatic heterocycles. The number of nitrogens with one attached hydrogen (secondary N) is 1. The maximum Gasteiger partial charge on any atom is 0.0385 e. The van der Waals surface area contributed by atoms with Crippen molar-refractivity contribution < 1.29 is 4.21 Å². The molecule has 4 heteroatoms. The van der Waals surface area contributed by atoms with Gasteiger partial charge in [-0.1, -0.05) is 0 Å². The molecule has 2 atom stereocenters. The summed E-state index contributed by atoms with van der Waals surface area (Å²) in [5.41, 5.74) is 0. The Morgan fingerprint density at radius 3 is 2.58 bits per heavy atom. The summed E-state index contributed by atoms with van der Waals surface area (Å²) in [5.74, 6) is 0.806. The van der Waals surface area contributed by atoms with Gasteiger partial charge < -0.3 is 5.32 Å². The van der Waals surface area contributed by atoms with Crippen LogP contribution in [-0.4, -0.2) is 53.3 Å². The van der Waals surface area contributed by atoms with Gasteiger partial charge in [0.1, 0.15) is 0 Å². The monoisotopic (exact) mass is 190 g/mol.